The lowest BCUT2D eigenvalue weighted by atomic mass is 9.99. The minimum absolute atomic E-state index is 0. The van der Waals surface area contributed by atoms with Gasteiger partial charge in [0.05, 0.1) is 0 Å². The first-order chi connectivity index (χ1) is 23.9. The topological polar surface area (TPSA) is 124 Å². The number of nitrogens with zero attached hydrogens (tertiary/aromatic N) is 2. The lowest BCUT2D eigenvalue weighted by Crippen LogP contribution is -3.00. The first-order valence-electron chi connectivity index (χ1n) is 17.3. The first kappa shape index (κ1) is 42.0. The molecule has 0 spiro atoms. The van der Waals surface area contributed by atoms with Gasteiger partial charge in [-0.25, -0.2) is 9.13 Å². The van der Waals surface area contributed by atoms with Gasteiger partial charge in [0.25, 0.3) is 5.91 Å². The van der Waals surface area contributed by atoms with Crippen LogP contribution in [-0.4, -0.2) is 41.8 Å². The Balaban J connectivity index is 0.00000364. The van der Waals surface area contributed by atoms with Gasteiger partial charge in [-0.15, -0.1) is 0 Å². The van der Waals surface area contributed by atoms with Gasteiger partial charge in [0.2, 0.25) is 17.7 Å². The lowest BCUT2D eigenvalue weighted by molar-refractivity contribution is -0.688. The average molecular weight is 837 g/mol. The summed E-state index contributed by atoms with van der Waals surface area (Å²) in [6.07, 6.45) is 8.58. The molecule has 2 aromatic heterocycles. The van der Waals surface area contributed by atoms with Crippen LogP contribution in [0.4, 0.5) is 0 Å². The van der Waals surface area contributed by atoms with E-state index in [1.165, 1.54) is 0 Å². The second-order valence-corrected chi connectivity index (χ2v) is 13.9. The summed E-state index contributed by atoms with van der Waals surface area (Å²) in [6.45, 7) is 10.9. The normalized spacial score (nSPS) is 18.6. The second kappa shape index (κ2) is 19.4. The number of halogens is 2. The fraction of sp³-hybridized carbons (Fsp3) is 0.350. The summed E-state index contributed by atoms with van der Waals surface area (Å²) in [7, 11) is 0. The highest BCUT2D eigenvalue weighted by Gasteiger charge is 2.30. The quantitative estimate of drug-likeness (QED) is 0.170. The molecule has 3 atom stereocenters. The van der Waals surface area contributed by atoms with Gasteiger partial charge in [0.15, 0.2) is 37.9 Å². The Hall–Kier alpha value is -4.42. The molecule has 276 valence electrons. The molecule has 2 aromatic carbocycles. The summed E-state index contributed by atoms with van der Waals surface area (Å²) in [5.74, 6) is -1.79. The molecule has 10 nitrogen and oxygen atoms in total. The van der Waals surface area contributed by atoms with Crippen molar-refractivity contribution >= 4 is 23.6 Å². The summed E-state index contributed by atoms with van der Waals surface area (Å²) in [5, 5.41) is 11.4. The fourth-order valence-corrected chi connectivity index (χ4v) is 5.90. The molecule has 4 amide bonds. The number of benzene rings is 2. The molecule has 0 saturated carbocycles. The SMILES string of the molecule is CC(C)C[C@@H]1NC(=O)[C@H](C(C)C)NC(=O)c2ccc(cc2)C[n+]2ccc(cc2)-c2cc[n+](cc2)Cc2ccc(cc2)CNC(=O)[C@H](C)NC1=O.[Br-].[Br-]. The van der Waals surface area contributed by atoms with Crippen LogP contribution in [0.15, 0.2) is 97.6 Å². The van der Waals surface area contributed by atoms with Crippen LogP contribution in [0, 0.1) is 11.8 Å². The number of carbonyl (C=O) groups excluding carboxylic acids is 4. The van der Waals surface area contributed by atoms with Gasteiger partial charge in [0.1, 0.15) is 18.1 Å². The predicted molar refractivity (Wildman–Crippen MR) is 190 cm³/mol. The van der Waals surface area contributed by atoms with E-state index in [0.717, 1.165) is 27.8 Å². The molecule has 6 aliphatic heterocycles. The van der Waals surface area contributed by atoms with Crippen molar-refractivity contribution in [1.29, 1.82) is 0 Å². The molecule has 0 fully saturated rings. The number of hydrogen-bond donors (Lipinski definition) is 4. The number of carbonyl (C=O) groups is 4. The van der Waals surface area contributed by atoms with E-state index in [1.807, 2.05) is 76.5 Å². The smallest absolute Gasteiger partial charge is 0.251 e. The fourth-order valence-electron chi connectivity index (χ4n) is 5.90. The Morgan fingerprint density at radius 3 is 1.56 bits per heavy atom. The van der Waals surface area contributed by atoms with Crippen LogP contribution in [0.25, 0.3) is 11.1 Å². The van der Waals surface area contributed by atoms with Gasteiger partial charge in [0, 0.05) is 47.5 Å². The maximum absolute atomic E-state index is 13.5. The zero-order valence-corrected chi connectivity index (χ0v) is 33.4. The Labute approximate surface area is 327 Å². The molecule has 8 heterocycles. The van der Waals surface area contributed by atoms with Gasteiger partial charge in [-0.1, -0.05) is 64.1 Å². The van der Waals surface area contributed by atoms with Crippen LogP contribution in [0.5, 0.6) is 0 Å². The molecule has 0 unspecified atom stereocenters. The third kappa shape index (κ3) is 11.5. The summed E-state index contributed by atoms with van der Waals surface area (Å²) in [5.41, 5.74) is 5.74. The molecule has 8 bridgehead atoms. The minimum atomic E-state index is -0.885. The maximum Gasteiger partial charge on any atom is 0.251 e. The van der Waals surface area contributed by atoms with E-state index in [-0.39, 0.29) is 57.6 Å². The number of pyridine rings is 2. The molecule has 12 heteroatoms. The lowest BCUT2D eigenvalue weighted by Gasteiger charge is -2.27. The molecular weight excluding hydrogens is 788 g/mol. The van der Waals surface area contributed by atoms with Crippen molar-refractivity contribution in [2.75, 3.05) is 0 Å². The van der Waals surface area contributed by atoms with Crippen LogP contribution < -0.4 is 64.4 Å². The third-order valence-electron chi connectivity index (χ3n) is 8.88. The molecule has 0 radical (unpaired) electrons. The number of aromatic nitrogens is 2. The zero-order valence-electron chi connectivity index (χ0n) is 30.2. The first-order valence-corrected chi connectivity index (χ1v) is 17.3. The van der Waals surface area contributed by atoms with E-state index in [4.69, 9.17) is 0 Å². The molecule has 4 N–H and O–H groups in total. The van der Waals surface area contributed by atoms with Crippen molar-refractivity contribution in [3.8, 4) is 11.1 Å². The summed E-state index contributed by atoms with van der Waals surface area (Å²) < 4.78 is 4.20. The van der Waals surface area contributed by atoms with Gasteiger partial charge in [-0.2, -0.15) is 0 Å². The molecule has 4 aromatic rings. The van der Waals surface area contributed by atoms with Crippen molar-refractivity contribution < 1.29 is 62.3 Å². The summed E-state index contributed by atoms with van der Waals surface area (Å²) in [4.78, 5) is 53.2. The van der Waals surface area contributed by atoms with Crippen LogP contribution in [-0.2, 0) is 34.0 Å². The van der Waals surface area contributed by atoms with E-state index in [9.17, 15) is 19.2 Å². The van der Waals surface area contributed by atoms with Crippen LogP contribution in [0.3, 0.4) is 0 Å². The summed E-state index contributed by atoms with van der Waals surface area (Å²) >= 11 is 0. The second-order valence-electron chi connectivity index (χ2n) is 13.9. The Morgan fingerprint density at radius 1 is 0.596 bits per heavy atom. The predicted octanol–water partition coefficient (Wildman–Crippen LogP) is -2.55. The molecular formula is C40H48Br2N6O4. The Morgan fingerprint density at radius 2 is 1.08 bits per heavy atom. The molecule has 10 rings (SSSR count). The van der Waals surface area contributed by atoms with E-state index in [1.54, 1.807) is 19.1 Å². The molecule has 0 saturated heterocycles. The van der Waals surface area contributed by atoms with Gasteiger partial charge < -0.3 is 55.2 Å². The van der Waals surface area contributed by atoms with E-state index in [2.05, 4.69) is 67.1 Å². The Bertz CT molecular complexity index is 1800. The maximum atomic E-state index is 13.5. The molecule has 6 aliphatic rings. The van der Waals surface area contributed by atoms with Crippen molar-refractivity contribution in [2.24, 2.45) is 11.8 Å². The van der Waals surface area contributed by atoms with Gasteiger partial charge in [-0.05, 0) is 54.0 Å². The highest BCUT2D eigenvalue weighted by atomic mass is 79.9. The van der Waals surface area contributed by atoms with E-state index < -0.39 is 29.9 Å². The largest absolute Gasteiger partial charge is 1.00 e. The van der Waals surface area contributed by atoms with Crippen LogP contribution in [0.1, 0.15) is 68.1 Å². The molecule has 52 heavy (non-hydrogen) atoms. The summed E-state index contributed by atoms with van der Waals surface area (Å²) in [6, 6.07) is 21.2. The molecule has 0 aliphatic carbocycles. The number of nitrogens with one attached hydrogen (secondary N) is 4. The van der Waals surface area contributed by atoms with Crippen molar-refractivity contribution in [2.45, 2.75) is 78.8 Å². The standard InChI is InChI=1S/C40H46N6O4.2BrH/c1-26(2)22-35-39(49)42-28(5)37(47)41-23-29-6-8-30(9-7-29)24-45-18-14-32(15-19-45)33-16-20-46(21-17-33)25-31-10-12-34(13-11-31)38(48)44-36(27(3)4)40(50)43-35;;/h6-21,26-28,35-36H,22-25H2,1-5H3,(H2-2,41,42,43,44,47,48,49,50);2*1H/t28-,35-,36-;;/m0../s1. The third-order valence-corrected chi connectivity index (χ3v) is 8.88. The van der Waals surface area contributed by atoms with Gasteiger partial charge in [-0.3, -0.25) is 19.2 Å². The average Bonchev–Trinajstić information content (AvgIpc) is 3.10. The number of rotatable bonds is 3. The number of hydrogen-bond acceptors (Lipinski definition) is 4. The minimum Gasteiger partial charge on any atom is -1.00 e. The van der Waals surface area contributed by atoms with E-state index in [0.29, 0.717) is 31.6 Å². The van der Waals surface area contributed by atoms with E-state index >= 15 is 0 Å². The van der Waals surface area contributed by atoms with Crippen molar-refractivity contribution in [1.82, 2.24) is 21.3 Å². The Kier molecular flexibility index (Phi) is 15.7. The van der Waals surface area contributed by atoms with Crippen molar-refractivity contribution in [3.63, 3.8) is 0 Å². The van der Waals surface area contributed by atoms with Crippen LogP contribution in [0.2, 0.25) is 0 Å². The number of fused-ring (bicyclic) bond motifs is 2. The number of amides is 4. The highest BCUT2D eigenvalue weighted by molar-refractivity contribution is 5.98. The van der Waals surface area contributed by atoms with Gasteiger partial charge >= 0.3 is 0 Å². The van der Waals surface area contributed by atoms with Crippen LogP contribution >= 0.6 is 0 Å². The monoisotopic (exact) mass is 834 g/mol. The highest BCUT2D eigenvalue weighted by Crippen LogP contribution is 2.16. The zero-order chi connectivity index (χ0) is 35.8. The van der Waals surface area contributed by atoms with Crippen molar-refractivity contribution in [3.05, 3.63) is 120 Å².